The second-order valence-corrected chi connectivity index (χ2v) is 11.4. The van der Waals surface area contributed by atoms with Crippen molar-refractivity contribution in [2.24, 2.45) is 0 Å². The van der Waals surface area contributed by atoms with Crippen LogP contribution in [0.25, 0.3) is 0 Å². The minimum absolute atomic E-state index is 0. The second kappa shape index (κ2) is 19.1. The molecule has 0 saturated carbocycles. The van der Waals surface area contributed by atoms with Crippen molar-refractivity contribution in [3.8, 4) is 5.75 Å². The molecular weight excluding hydrogens is 575 g/mol. The predicted molar refractivity (Wildman–Crippen MR) is 169 cm³/mol. The Labute approximate surface area is 249 Å². The van der Waals surface area contributed by atoms with E-state index in [2.05, 4.69) is 30.3 Å². The van der Waals surface area contributed by atoms with Crippen LogP contribution in [0.1, 0.15) is 107 Å². The van der Waals surface area contributed by atoms with Crippen LogP contribution in [-0.4, -0.2) is 23.3 Å². The van der Waals surface area contributed by atoms with Crippen molar-refractivity contribution in [3.63, 3.8) is 0 Å². The second-order valence-electron chi connectivity index (χ2n) is 10.3. The fourth-order valence-corrected chi connectivity index (χ4v) is 5.44. The molecular formula is C32H46BrFN2O2S. The number of anilines is 1. The maximum atomic E-state index is 14.7. The molecule has 0 saturated heterocycles. The quantitative estimate of drug-likeness (QED) is 0.168. The molecule has 1 aliphatic rings. The van der Waals surface area contributed by atoms with Crippen molar-refractivity contribution < 1.29 is 13.9 Å². The van der Waals surface area contributed by atoms with Gasteiger partial charge in [-0.3, -0.25) is 4.79 Å². The molecule has 3 rings (SSSR count). The van der Waals surface area contributed by atoms with Gasteiger partial charge in [0.1, 0.15) is 0 Å². The van der Waals surface area contributed by atoms with Crippen LogP contribution >= 0.6 is 28.7 Å². The number of unbranched alkanes of at least 4 members (excludes halogenated alkanes) is 11. The first-order chi connectivity index (χ1) is 18.6. The lowest BCUT2D eigenvalue weighted by molar-refractivity contribution is 0.102. The monoisotopic (exact) mass is 620 g/mol. The Balaban J connectivity index is 0.00000533. The number of allylic oxidation sites excluding steroid dienone is 1. The number of ether oxygens (including phenoxy) is 1. The Morgan fingerprint density at radius 1 is 0.949 bits per heavy atom. The molecule has 0 bridgehead atoms. The van der Waals surface area contributed by atoms with Crippen LogP contribution in [-0.2, 0) is 6.54 Å². The summed E-state index contributed by atoms with van der Waals surface area (Å²) in [6.45, 7) is 5.56. The smallest absolute Gasteiger partial charge is 0.255 e. The highest BCUT2D eigenvalue weighted by atomic mass is 79.9. The molecule has 1 amide bonds. The summed E-state index contributed by atoms with van der Waals surface area (Å²) in [6.07, 6.45) is 17.5. The molecule has 0 unspecified atom stereocenters. The van der Waals surface area contributed by atoms with Gasteiger partial charge in [-0.05, 0) is 48.1 Å². The minimum atomic E-state index is -0.500. The summed E-state index contributed by atoms with van der Waals surface area (Å²) in [7, 11) is 0. The van der Waals surface area contributed by atoms with E-state index in [0.717, 1.165) is 30.0 Å². The number of para-hydroxylation sites is 1. The average molecular weight is 622 g/mol. The topological polar surface area (TPSA) is 41.6 Å². The molecule has 0 spiro atoms. The maximum absolute atomic E-state index is 14.7. The van der Waals surface area contributed by atoms with E-state index in [1.165, 1.54) is 75.2 Å². The Hall–Kier alpha value is -1.99. The molecule has 0 atom stereocenters. The number of hydrogen-bond donors (Lipinski definition) is 1. The molecule has 39 heavy (non-hydrogen) atoms. The van der Waals surface area contributed by atoms with E-state index in [4.69, 9.17) is 4.74 Å². The van der Waals surface area contributed by atoms with Gasteiger partial charge in [0, 0.05) is 24.0 Å². The van der Waals surface area contributed by atoms with Gasteiger partial charge in [-0.15, -0.1) is 28.7 Å². The summed E-state index contributed by atoms with van der Waals surface area (Å²) in [4.78, 5) is 16.4. The highest BCUT2D eigenvalue weighted by Gasteiger charge is 2.15. The van der Waals surface area contributed by atoms with Gasteiger partial charge in [-0.1, -0.05) is 95.8 Å². The first kappa shape index (κ1) is 33.2. The van der Waals surface area contributed by atoms with Crippen LogP contribution in [0.3, 0.4) is 0 Å². The van der Waals surface area contributed by atoms with E-state index in [0.29, 0.717) is 13.2 Å². The van der Waals surface area contributed by atoms with Gasteiger partial charge in [0.05, 0.1) is 12.5 Å². The zero-order valence-electron chi connectivity index (χ0n) is 23.7. The fourth-order valence-electron chi connectivity index (χ4n) is 4.69. The van der Waals surface area contributed by atoms with E-state index < -0.39 is 5.82 Å². The molecule has 0 aliphatic carbocycles. The molecule has 2 aromatic carbocycles. The number of amides is 1. The van der Waals surface area contributed by atoms with Gasteiger partial charge in [0.15, 0.2) is 11.6 Å². The number of carbonyl (C=O) groups excluding carboxylic acids is 1. The minimum Gasteiger partial charge on any atom is -0.491 e. The Kier molecular flexibility index (Phi) is 16.3. The maximum Gasteiger partial charge on any atom is 0.255 e. The SMILES string of the molecule is Br.CCCCCCCCCCCCCCOc1ccc(C(=O)Nc2ccccc2CN2C=C(C)SC2)cc1F. The lowest BCUT2D eigenvalue weighted by Crippen LogP contribution is -2.17. The third-order valence-electron chi connectivity index (χ3n) is 6.91. The number of hydrogen-bond acceptors (Lipinski definition) is 4. The Bertz CT molecular complexity index is 1030. The standard InChI is InChI=1S/C32H45FN2O2S.BrH/c1-3-4-5-6-7-8-9-10-11-12-13-16-21-37-31-20-19-27(22-29(31)33)32(36)34-30-18-15-14-17-28(30)24-35-23-26(2)38-25-35;/h14-15,17-20,22-23H,3-13,16,21,24-25H2,1-2H3,(H,34,36);1H. The van der Waals surface area contributed by atoms with Crippen molar-refractivity contribution in [2.45, 2.75) is 97.4 Å². The predicted octanol–water partition coefficient (Wildman–Crippen LogP) is 10.1. The molecule has 7 heteroatoms. The van der Waals surface area contributed by atoms with Crippen molar-refractivity contribution in [2.75, 3.05) is 17.8 Å². The molecule has 4 nitrogen and oxygen atoms in total. The van der Waals surface area contributed by atoms with Crippen LogP contribution in [0.15, 0.2) is 53.6 Å². The fraction of sp³-hybridized carbons (Fsp3) is 0.531. The third-order valence-corrected chi connectivity index (χ3v) is 7.93. The van der Waals surface area contributed by atoms with Gasteiger partial charge >= 0.3 is 0 Å². The molecule has 1 aliphatic heterocycles. The Morgan fingerprint density at radius 3 is 2.21 bits per heavy atom. The van der Waals surface area contributed by atoms with Gasteiger partial charge in [-0.2, -0.15) is 0 Å². The van der Waals surface area contributed by atoms with Crippen molar-refractivity contribution in [3.05, 3.63) is 70.5 Å². The largest absolute Gasteiger partial charge is 0.491 e. The van der Waals surface area contributed by atoms with Crippen LogP contribution < -0.4 is 10.1 Å². The van der Waals surface area contributed by atoms with E-state index in [9.17, 15) is 9.18 Å². The number of benzene rings is 2. The Morgan fingerprint density at radius 2 is 1.59 bits per heavy atom. The molecule has 2 aromatic rings. The molecule has 0 radical (unpaired) electrons. The van der Waals surface area contributed by atoms with E-state index in [1.54, 1.807) is 23.9 Å². The zero-order chi connectivity index (χ0) is 27.0. The lowest BCUT2D eigenvalue weighted by Gasteiger charge is -2.18. The number of carbonyl (C=O) groups is 1. The lowest BCUT2D eigenvalue weighted by atomic mass is 10.1. The summed E-state index contributed by atoms with van der Waals surface area (Å²) in [5.74, 6) is 0.282. The number of rotatable bonds is 18. The number of halogens is 2. The van der Waals surface area contributed by atoms with E-state index >= 15 is 0 Å². The molecule has 0 aromatic heterocycles. The van der Waals surface area contributed by atoms with Crippen molar-refractivity contribution in [1.29, 1.82) is 0 Å². The summed E-state index contributed by atoms with van der Waals surface area (Å²) < 4.78 is 20.3. The van der Waals surface area contributed by atoms with Gasteiger partial charge in [-0.25, -0.2) is 4.39 Å². The summed E-state index contributed by atoms with van der Waals surface area (Å²) in [6, 6.07) is 12.2. The molecule has 1 heterocycles. The average Bonchev–Trinajstić information content (AvgIpc) is 3.33. The van der Waals surface area contributed by atoms with E-state index in [1.807, 2.05) is 24.3 Å². The highest BCUT2D eigenvalue weighted by Crippen LogP contribution is 2.28. The summed E-state index contributed by atoms with van der Waals surface area (Å²) in [5, 5.41) is 2.95. The molecule has 0 fully saturated rings. The number of thioether (sulfide) groups is 1. The van der Waals surface area contributed by atoms with Crippen molar-refractivity contribution >= 4 is 40.3 Å². The summed E-state index contributed by atoms with van der Waals surface area (Å²) in [5.41, 5.74) is 2.05. The third kappa shape index (κ3) is 12.4. The van der Waals surface area contributed by atoms with Crippen LogP contribution in [0, 0.1) is 5.82 Å². The van der Waals surface area contributed by atoms with E-state index in [-0.39, 0.29) is 34.2 Å². The summed E-state index contributed by atoms with van der Waals surface area (Å²) >= 11 is 1.81. The number of nitrogens with one attached hydrogen (secondary N) is 1. The zero-order valence-corrected chi connectivity index (χ0v) is 26.2. The molecule has 1 N–H and O–H groups in total. The van der Waals surface area contributed by atoms with Crippen LogP contribution in [0.2, 0.25) is 0 Å². The van der Waals surface area contributed by atoms with Crippen molar-refractivity contribution in [1.82, 2.24) is 4.90 Å². The molecule has 216 valence electrons. The van der Waals surface area contributed by atoms with Gasteiger partial charge in [0.25, 0.3) is 5.91 Å². The van der Waals surface area contributed by atoms with Crippen LogP contribution in [0.4, 0.5) is 10.1 Å². The van der Waals surface area contributed by atoms with Crippen LogP contribution in [0.5, 0.6) is 5.75 Å². The normalized spacial score (nSPS) is 12.7. The van der Waals surface area contributed by atoms with Gasteiger partial charge < -0.3 is 15.0 Å². The van der Waals surface area contributed by atoms with Gasteiger partial charge in [0.2, 0.25) is 0 Å². The highest BCUT2D eigenvalue weighted by molar-refractivity contribution is 8.93. The first-order valence-corrected chi connectivity index (χ1v) is 15.4. The number of nitrogens with zero attached hydrogens (tertiary/aromatic N) is 1. The first-order valence-electron chi connectivity index (χ1n) is 14.4.